The highest BCUT2D eigenvalue weighted by atomic mass is 35.5. The van der Waals surface area contributed by atoms with Crippen LogP contribution in [0, 0.1) is 0 Å². The van der Waals surface area contributed by atoms with Crippen molar-refractivity contribution in [2.75, 3.05) is 0 Å². The Labute approximate surface area is 110 Å². The molecule has 0 atom stereocenters. The van der Waals surface area contributed by atoms with Gasteiger partial charge in [0.25, 0.3) is 0 Å². The number of alkyl halides is 1. The maximum Gasteiger partial charge on any atom is 0.0562 e. The maximum absolute atomic E-state index is 6.46. The highest BCUT2D eigenvalue weighted by Gasteiger charge is 2.10. The molecule has 17 heavy (non-hydrogen) atoms. The summed E-state index contributed by atoms with van der Waals surface area (Å²) in [4.78, 5) is 0. The molecule has 0 saturated carbocycles. The van der Waals surface area contributed by atoms with Crippen molar-refractivity contribution in [3.63, 3.8) is 0 Å². The lowest BCUT2D eigenvalue weighted by Crippen LogP contribution is -1.87. The molecule has 0 aliphatic carbocycles. The summed E-state index contributed by atoms with van der Waals surface area (Å²) in [5.41, 5.74) is 1.15. The van der Waals surface area contributed by atoms with Crippen molar-refractivity contribution in [2.45, 2.75) is 5.88 Å². The second-order valence-corrected chi connectivity index (χ2v) is 4.66. The summed E-state index contributed by atoms with van der Waals surface area (Å²) in [5.74, 6) is 0.498. The van der Waals surface area contributed by atoms with Crippen LogP contribution in [0.25, 0.3) is 21.5 Å². The second-order valence-electron chi connectivity index (χ2n) is 4.02. The van der Waals surface area contributed by atoms with Gasteiger partial charge in [-0.25, -0.2) is 0 Å². The van der Waals surface area contributed by atoms with Crippen molar-refractivity contribution in [3.05, 3.63) is 59.1 Å². The first-order valence-corrected chi connectivity index (χ1v) is 6.38. The number of hydrogen-bond acceptors (Lipinski definition) is 0. The molecule has 3 aromatic carbocycles. The lowest BCUT2D eigenvalue weighted by atomic mass is 9.98. The van der Waals surface area contributed by atoms with Crippen LogP contribution in [-0.2, 0) is 5.88 Å². The lowest BCUT2D eigenvalue weighted by Gasteiger charge is -2.11. The van der Waals surface area contributed by atoms with E-state index in [1.54, 1.807) is 0 Å². The van der Waals surface area contributed by atoms with Gasteiger partial charge in [0.1, 0.15) is 0 Å². The zero-order valence-corrected chi connectivity index (χ0v) is 10.6. The summed E-state index contributed by atoms with van der Waals surface area (Å²) in [6.45, 7) is 0. The SMILES string of the molecule is ClCc1c2ccccc2c(Cl)c2ccccc12. The van der Waals surface area contributed by atoms with Gasteiger partial charge in [-0.3, -0.25) is 0 Å². The average molecular weight is 261 g/mol. The topological polar surface area (TPSA) is 0 Å². The van der Waals surface area contributed by atoms with Gasteiger partial charge < -0.3 is 0 Å². The molecule has 84 valence electrons. The van der Waals surface area contributed by atoms with Gasteiger partial charge >= 0.3 is 0 Å². The van der Waals surface area contributed by atoms with E-state index in [1.807, 2.05) is 36.4 Å². The summed E-state index contributed by atoms with van der Waals surface area (Å²) < 4.78 is 0. The van der Waals surface area contributed by atoms with Crippen LogP contribution in [-0.4, -0.2) is 0 Å². The van der Waals surface area contributed by atoms with Crippen molar-refractivity contribution in [1.29, 1.82) is 0 Å². The smallest absolute Gasteiger partial charge is 0.0562 e. The van der Waals surface area contributed by atoms with E-state index in [0.29, 0.717) is 5.88 Å². The summed E-state index contributed by atoms with van der Waals surface area (Å²) in [6, 6.07) is 16.3. The van der Waals surface area contributed by atoms with E-state index < -0.39 is 0 Å². The first-order chi connectivity index (χ1) is 8.33. The van der Waals surface area contributed by atoms with Crippen LogP contribution in [0.1, 0.15) is 5.56 Å². The van der Waals surface area contributed by atoms with Crippen LogP contribution < -0.4 is 0 Å². The fourth-order valence-corrected chi connectivity index (χ4v) is 2.93. The van der Waals surface area contributed by atoms with Crippen LogP contribution in [0.5, 0.6) is 0 Å². The van der Waals surface area contributed by atoms with Crippen molar-refractivity contribution in [3.8, 4) is 0 Å². The Bertz CT molecular complexity index is 645. The number of benzene rings is 3. The van der Waals surface area contributed by atoms with Crippen LogP contribution in [0.4, 0.5) is 0 Å². The van der Waals surface area contributed by atoms with Gasteiger partial charge in [-0.1, -0.05) is 60.1 Å². The molecule has 0 bridgehead atoms. The molecule has 0 aliphatic rings. The molecule has 0 saturated heterocycles. The zero-order chi connectivity index (χ0) is 11.8. The fourth-order valence-electron chi connectivity index (χ4n) is 2.31. The monoisotopic (exact) mass is 260 g/mol. The molecule has 0 heterocycles. The third kappa shape index (κ3) is 1.60. The number of rotatable bonds is 1. The fraction of sp³-hybridized carbons (Fsp3) is 0.0667. The molecule has 0 N–H and O–H groups in total. The van der Waals surface area contributed by atoms with Gasteiger partial charge in [0.05, 0.1) is 5.02 Å². The summed E-state index contributed by atoms with van der Waals surface area (Å²) in [5, 5.41) is 5.24. The normalized spacial score (nSPS) is 11.2. The average Bonchev–Trinajstić information content (AvgIpc) is 2.40. The molecule has 2 heteroatoms. The van der Waals surface area contributed by atoms with Gasteiger partial charge in [0, 0.05) is 16.7 Å². The standard InChI is InChI=1S/C15H10Cl2/c16-9-14-10-5-1-3-7-12(10)15(17)13-8-4-2-6-11(13)14/h1-8H,9H2. The first-order valence-electron chi connectivity index (χ1n) is 5.46. The van der Waals surface area contributed by atoms with E-state index in [4.69, 9.17) is 23.2 Å². The summed E-state index contributed by atoms with van der Waals surface area (Å²) in [7, 11) is 0. The second kappa shape index (κ2) is 4.21. The van der Waals surface area contributed by atoms with Crippen LogP contribution in [0.15, 0.2) is 48.5 Å². The van der Waals surface area contributed by atoms with Gasteiger partial charge in [-0.2, -0.15) is 0 Å². The van der Waals surface area contributed by atoms with Crippen molar-refractivity contribution in [1.82, 2.24) is 0 Å². The minimum absolute atomic E-state index is 0.498. The van der Waals surface area contributed by atoms with E-state index in [2.05, 4.69) is 12.1 Å². The molecule has 0 spiro atoms. The van der Waals surface area contributed by atoms with Gasteiger partial charge in [-0.05, 0) is 16.3 Å². The number of hydrogen-bond donors (Lipinski definition) is 0. The van der Waals surface area contributed by atoms with Gasteiger partial charge in [-0.15, -0.1) is 11.6 Å². The molecule has 0 fully saturated rings. The molecule has 0 aromatic heterocycles. The molecule has 0 nitrogen and oxygen atoms in total. The zero-order valence-electron chi connectivity index (χ0n) is 9.08. The largest absolute Gasteiger partial charge is 0.122 e. The quantitative estimate of drug-likeness (QED) is 0.407. The Morgan fingerprint density at radius 1 is 0.706 bits per heavy atom. The maximum atomic E-state index is 6.46. The highest BCUT2D eigenvalue weighted by molar-refractivity contribution is 6.41. The first kappa shape index (κ1) is 10.9. The van der Waals surface area contributed by atoms with E-state index in [1.165, 1.54) is 0 Å². The van der Waals surface area contributed by atoms with Crippen LogP contribution in [0.2, 0.25) is 5.02 Å². The molecule has 0 amide bonds. The molecular formula is C15H10Cl2. The summed E-state index contributed by atoms with van der Waals surface area (Å²) >= 11 is 12.6. The van der Waals surface area contributed by atoms with Crippen LogP contribution >= 0.6 is 23.2 Å². The minimum Gasteiger partial charge on any atom is -0.122 e. The van der Waals surface area contributed by atoms with Gasteiger partial charge in [0.2, 0.25) is 0 Å². The highest BCUT2D eigenvalue weighted by Crippen LogP contribution is 2.36. The lowest BCUT2D eigenvalue weighted by molar-refractivity contribution is 1.50. The van der Waals surface area contributed by atoms with E-state index in [9.17, 15) is 0 Å². The Balaban J connectivity index is 2.63. The van der Waals surface area contributed by atoms with Crippen molar-refractivity contribution < 1.29 is 0 Å². The Morgan fingerprint density at radius 2 is 1.12 bits per heavy atom. The molecule has 0 unspecified atom stereocenters. The number of halogens is 2. The molecular weight excluding hydrogens is 251 g/mol. The van der Waals surface area contributed by atoms with Crippen molar-refractivity contribution >= 4 is 44.7 Å². The molecule has 3 aromatic rings. The van der Waals surface area contributed by atoms with E-state index in [-0.39, 0.29) is 0 Å². The van der Waals surface area contributed by atoms with E-state index >= 15 is 0 Å². The molecule has 3 rings (SSSR count). The van der Waals surface area contributed by atoms with E-state index in [0.717, 1.165) is 32.1 Å². The third-order valence-corrected chi connectivity index (χ3v) is 3.79. The van der Waals surface area contributed by atoms with Crippen LogP contribution in [0.3, 0.4) is 0 Å². The third-order valence-electron chi connectivity index (χ3n) is 3.11. The molecule has 0 aliphatic heterocycles. The Hall–Kier alpha value is -1.24. The number of fused-ring (bicyclic) bond motifs is 2. The minimum atomic E-state index is 0.498. The predicted molar refractivity (Wildman–Crippen MR) is 76.0 cm³/mol. The van der Waals surface area contributed by atoms with Crippen molar-refractivity contribution in [2.24, 2.45) is 0 Å². The Morgan fingerprint density at radius 3 is 1.53 bits per heavy atom. The predicted octanol–water partition coefficient (Wildman–Crippen LogP) is 5.39. The Kier molecular flexibility index (Phi) is 2.70. The summed E-state index contributed by atoms with van der Waals surface area (Å²) in [6.07, 6.45) is 0. The van der Waals surface area contributed by atoms with Gasteiger partial charge in [0.15, 0.2) is 0 Å². The molecule has 0 radical (unpaired) electrons.